The van der Waals surface area contributed by atoms with Crippen LogP contribution in [0.4, 0.5) is 0 Å². The molecule has 2 heterocycles. The molecule has 8 rings (SSSR count). The van der Waals surface area contributed by atoms with Crippen LogP contribution in [0, 0.1) is 13.8 Å². The fourth-order valence-electron chi connectivity index (χ4n) is 9.30. The van der Waals surface area contributed by atoms with Crippen LogP contribution in [0.5, 0.6) is 34.5 Å². The Morgan fingerprint density at radius 3 is 1.26 bits per heavy atom. The van der Waals surface area contributed by atoms with Crippen LogP contribution in [0.15, 0.2) is 60.7 Å². The molecule has 0 aromatic heterocycles. The van der Waals surface area contributed by atoms with Crippen LogP contribution in [0.25, 0.3) is 54.9 Å². The lowest BCUT2D eigenvalue weighted by Gasteiger charge is -2.31. The average Bonchev–Trinajstić information content (AvgIpc) is 3.11. The van der Waals surface area contributed by atoms with Crippen LogP contribution < -0.4 is 20.1 Å². The smallest absolute Gasteiger partial charge is 0.135 e. The first-order chi connectivity index (χ1) is 25.8. The second-order valence-corrected chi connectivity index (χ2v) is 15.5. The molecular formula is C46H48N2O6. The minimum absolute atomic E-state index is 0.00856. The van der Waals surface area contributed by atoms with Crippen LogP contribution in [0.3, 0.4) is 0 Å². The Morgan fingerprint density at radius 2 is 0.889 bits per heavy atom. The summed E-state index contributed by atoms with van der Waals surface area (Å²) in [6.07, 6.45) is 1.56. The summed E-state index contributed by atoms with van der Waals surface area (Å²) in [5.41, 5.74) is 9.03. The van der Waals surface area contributed by atoms with Crippen molar-refractivity contribution in [2.45, 2.75) is 78.6 Å². The average molecular weight is 725 g/mol. The van der Waals surface area contributed by atoms with Gasteiger partial charge in [0.05, 0.1) is 25.0 Å². The van der Waals surface area contributed by atoms with E-state index in [0.29, 0.717) is 44.5 Å². The maximum Gasteiger partial charge on any atom is 0.135 e. The molecule has 0 amide bonds. The Labute approximate surface area is 316 Å². The van der Waals surface area contributed by atoms with E-state index in [4.69, 9.17) is 9.47 Å². The summed E-state index contributed by atoms with van der Waals surface area (Å²) in [5.74, 6) is 1.21. The van der Waals surface area contributed by atoms with Crippen molar-refractivity contribution in [2.75, 3.05) is 14.2 Å². The van der Waals surface area contributed by atoms with Crippen molar-refractivity contribution in [1.29, 1.82) is 0 Å². The van der Waals surface area contributed by atoms with Crippen molar-refractivity contribution < 1.29 is 29.9 Å². The molecule has 0 aliphatic carbocycles. The number of nitrogens with one attached hydrogen (secondary N) is 2. The van der Waals surface area contributed by atoms with E-state index in [1.165, 1.54) is 0 Å². The van der Waals surface area contributed by atoms with E-state index in [-0.39, 0.29) is 47.2 Å². The van der Waals surface area contributed by atoms with Crippen LogP contribution >= 0.6 is 0 Å². The zero-order valence-corrected chi connectivity index (χ0v) is 32.1. The van der Waals surface area contributed by atoms with Crippen molar-refractivity contribution >= 4 is 21.5 Å². The molecule has 6 N–H and O–H groups in total. The first kappa shape index (κ1) is 35.6. The highest BCUT2D eigenvalue weighted by Gasteiger charge is 2.30. The summed E-state index contributed by atoms with van der Waals surface area (Å²) < 4.78 is 11.9. The molecule has 0 spiro atoms. The molecule has 8 nitrogen and oxygen atoms in total. The Morgan fingerprint density at radius 1 is 0.500 bits per heavy atom. The van der Waals surface area contributed by atoms with Gasteiger partial charge in [0, 0.05) is 57.5 Å². The van der Waals surface area contributed by atoms with Crippen molar-refractivity contribution in [3.63, 3.8) is 0 Å². The topological polar surface area (TPSA) is 123 Å². The highest BCUT2D eigenvalue weighted by Crippen LogP contribution is 2.54. The van der Waals surface area contributed by atoms with Gasteiger partial charge in [0.15, 0.2) is 0 Å². The number of phenols is 4. The van der Waals surface area contributed by atoms with Crippen molar-refractivity contribution in [3.05, 3.63) is 94.0 Å². The third-order valence-electron chi connectivity index (χ3n) is 11.5. The summed E-state index contributed by atoms with van der Waals surface area (Å²) in [4.78, 5) is 0. The first-order valence-corrected chi connectivity index (χ1v) is 18.7. The van der Waals surface area contributed by atoms with Gasteiger partial charge in [-0.25, -0.2) is 0 Å². The largest absolute Gasteiger partial charge is 0.507 e. The molecule has 2 aliphatic rings. The Balaban J connectivity index is 1.50. The predicted molar refractivity (Wildman–Crippen MR) is 216 cm³/mol. The minimum atomic E-state index is -0.0904. The maximum absolute atomic E-state index is 12.2. The fraction of sp³-hybridized carbons (Fsp3) is 0.304. The van der Waals surface area contributed by atoms with Gasteiger partial charge in [-0.3, -0.25) is 0 Å². The summed E-state index contributed by atoms with van der Waals surface area (Å²) >= 11 is 0. The van der Waals surface area contributed by atoms with E-state index in [2.05, 4.69) is 24.5 Å². The molecule has 8 heteroatoms. The normalized spacial score (nSPS) is 19.5. The lowest BCUT2D eigenvalue weighted by molar-refractivity contribution is 0.409. The van der Waals surface area contributed by atoms with Crippen LogP contribution in [-0.4, -0.2) is 46.7 Å². The van der Waals surface area contributed by atoms with Gasteiger partial charge in [-0.15, -0.1) is 0 Å². The molecule has 2 aliphatic heterocycles. The number of fused-ring (bicyclic) bond motifs is 4. The molecule has 0 radical (unpaired) electrons. The number of hydrogen-bond acceptors (Lipinski definition) is 8. The van der Waals surface area contributed by atoms with E-state index in [1.807, 2.05) is 88.4 Å². The van der Waals surface area contributed by atoms with Gasteiger partial charge < -0.3 is 40.5 Å². The second-order valence-electron chi connectivity index (χ2n) is 15.5. The SMILES string of the molecule is COc1cc(C)cc2c(-c3cc(-c4ccc5c(c4O)[C@@H](C)N[C@H](C)C5)c(O)c4c(OC)cc(C)cc34)cc(-c3ccc4c(c3O)[C@@H](C)N[C@H](C)C4)c(O)c12. The zero-order chi connectivity index (χ0) is 38.3. The van der Waals surface area contributed by atoms with Gasteiger partial charge >= 0.3 is 0 Å². The summed E-state index contributed by atoms with van der Waals surface area (Å²) in [6, 6.07) is 19.9. The van der Waals surface area contributed by atoms with Gasteiger partial charge in [0.2, 0.25) is 0 Å². The molecule has 0 saturated heterocycles. The summed E-state index contributed by atoms with van der Waals surface area (Å²) in [5, 5.41) is 58.0. The summed E-state index contributed by atoms with van der Waals surface area (Å²) in [7, 11) is 3.17. The van der Waals surface area contributed by atoms with Crippen molar-refractivity contribution in [3.8, 4) is 67.9 Å². The van der Waals surface area contributed by atoms with E-state index in [1.54, 1.807) is 14.2 Å². The van der Waals surface area contributed by atoms with Crippen LogP contribution in [0.2, 0.25) is 0 Å². The monoisotopic (exact) mass is 724 g/mol. The van der Waals surface area contributed by atoms with Crippen molar-refractivity contribution in [2.24, 2.45) is 0 Å². The van der Waals surface area contributed by atoms with E-state index >= 15 is 0 Å². The van der Waals surface area contributed by atoms with Gasteiger partial charge in [-0.2, -0.15) is 0 Å². The molecule has 6 aromatic carbocycles. The van der Waals surface area contributed by atoms with E-state index in [0.717, 1.165) is 68.1 Å². The highest BCUT2D eigenvalue weighted by atomic mass is 16.5. The van der Waals surface area contributed by atoms with E-state index in [9.17, 15) is 20.4 Å². The number of hydrogen-bond donors (Lipinski definition) is 6. The maximum atomic E-state index is 12.2. The number of rotatable bonds is 5. The fourth-order valence-corrected chi connectivity index (χ4v) is 9.30. The van der Waals surface area contributed by atoms with Crippen molar-refractivity contribution in [1.82, 2.24) is 10.6 Å². The standard InChI is InChI=1S/C46H48N2O6/c1-21-13-33-31(19-35(45(51)41(33)37(15-21)53-7)29-11-9-27-17-23(3)47-25(5)39(27)43(29)49)32-20-36(46(52)42-34(32)14-22(2)16-38(42)54-8)30-12-10-28-18-24(4)48-26(6)40(28)44(30)50/h9-16,19-20,23-26,47-52H,17-18H2,1-8H3/t23-,24-,25-,26-/m1/s1. The molecule has 278 valence electrons. The number of benzene rings is 6. The molecule has 4 atom stereocenters. The molecule has 0 fully saturated rings. The molecule has 0 saturated carbocycles. The van der Waals surface area contributed by atoms with Gasteiger partial charge in [-0.1, -0.05) is 36.4 Å². The number of aryl methyl sites for hydroxylation is 2. The van der Waals surface area contributed by atoms with Crippen LogP contribution in [-0.2, 0) is 12.8 Å². The van der Waals surface area contributed by atoms with Gasteiger partial charge in [0.1, 0.15) is 34.5 Å². The lowest BCUT2D eigenvalue weighted by atomic mass is 9.83. The predicted octanol–water partition coefficient (Wildman–Crippen LogP) is 9.64. The molecule has 54 heavy (non-hydrogen) atoms. The van der Waals surface area contributed by atoms with Crippen LogP contribution in [0.1, 0.15) is 73.2 Å². The molecule has 0 unspecified atom stereocenters. The molecule has 6 aromatic rings. The number of phenolic OH excluding ortho intramolecular Hbond substituents is 4. The number of methoxy groups -OCH3 is 2. The molecule has 0 bridgehead atoms. The van der Waals surface area contributed by atoms with Gasteiger partial charge in [0.25, 0.3) is 0 Å². The Kier molecular flexibility index (Phi) is 8.66. The third-order valence-corrected chi connectivity index (χ3v) is 11.5. The number of aromatic hydroxyl groups is 4. The zero-order valence-electron chi connectivity index (χ0n) is 32.1. The number of ether oxygens (including phenoxy) is 2. The summed E-state index contributed by atoms with van der Waals surface area (Å²) in [6.45, 7) is 12.3. The van der Waals surface area contributed by atoms with E-state index < -0.39 is 0 Å². The lowest BCUT2D eigenvalue weighted by Crippen LogP contribution is -2.36. The quantitative estimate of drug-likeness (QED) is 0.104. The second kappa shape index (κ2) is 13.1. The Hall–Kier alpha value is -5.44. The first-order valence-electron chi connectivity index (χ1n) is 18.7. The third kappa shape index (κ3) is 5.50. The Bertz CT molecular complexity index is 2350. The minimum Gasteiger partial charge on any atom is -0.507 e. The van der Waals surface area contributed by atoms with Gasteiger partial charge in [-0.05, 0) is 123 Å². The molecular weight excluding hydrogens is 677 g/mol. The highest BCUT2D eigenvalue weighted by molar-refractivity contribution is 6.15.